The monoisotopic (exact) mass is 678 g/mol. The number of hydrogen-bond acceptors (Lipinski definition) is 3. The number of fused-ring (bicyclic) bond motifs is 10. The van der Waals surface area contributed by atoms with Crippen LogP contribution in [-0.2, 0) is 21.1 Å². The van der Waals surface area contributed by atoms with Gasteiger partial charge in [0.05, 0.1) is 27.3 Å². The molecule has 0 amide bonds. The smallest absolute Gasteiger partial charge is 0.399 e. The van der Waals surface area contributed by atoms with Gasteiger partial charge in [-0.2, -0.15) is 0 Å². The van der Waals surface area contributed by atoms with Crippen LogP contribution in [0.25, 0.3) is 51.2 Å². The summed E-state index contributed by atoms with van der Waals surface area (Å²) in [6.45, 7) is 16.6. The van der Waals surface area contributed by atoms with Gasteiger partial charge in [-0.15, -0.1) is 0 Å². The number of hydrogen-bond donors (Lipinski definition) is 0. The molecule has 6 aromatic rings. The standard InChI is InChI=1S/C47H43BN2O2/c1-8-16-42-43(9-2)50(44(10-3)49-42)33-18-15-17-30(27-33)31-23-25-36-34-19-11-13-21-38(34)47(40(36)28-31)39-22-14-12-20-35(39)37-26-24-32(29-41(37)47)48-51-45(4,5)46(6,7)52-48/h8-9,11-29H,1,10H2,2-7H3/b42-16+,43-9+. The first-order chi connectivity index (χ1) is 25.1. The molecule has 3 aliphatic rings. The maximum Gasteiger partial charge on any atom is 0.494 e. The molecule has 1 aliphatic heterocycles. The number of allylic oxidation sites excluding steroid dienone is 1. The van der Waals surface area contributed by atoms with Crippen LogP contribution in [0.3, 0.4) is 0 Å². The van der Waals surface area contributed by atoms with E-state index in [-0.39, 0.29) is 0 Å². The minimum atomic E-state index is -0.495. The molecule has 4 nitrogen and oxygen atoms in total. The lowest BCUT2D eigenvalue weighted by atomic mass is 9.68. The summed E-state index contributed by atoms with van der Waals surface area (Å²) in [4.78, 5) is 4.97. The van der Waals surface area contributed by atoms with E-state index in [9.17, 15) is 0 Å². The Morgan fingerprint density at radius 1 is 0.692 bits per heavy atom. The summed E-state index contributed by atoms with van der Waals surface area (Å²) in [5.41, 5.74) is 13.4. The van der Waals surface area contributed by atoms with E-state index < -0.39 is 23.7 Å². The summed E-state index contributed by atoms with van der Waals surface area (Å²) in [7, 11) is -0.452. The molecule has 0 N–H and O–H groups in total. The SMILES string of the molecule is C=C/C=c1/nc(CC)n(-c2cccc(-c3ccc4c(c3)C3(c5ccccc5-c5ccc(B6OC(C)(C)C(C)(C)O6)cc53)c3ccccc3-4)c2)/c1=C/C. The molecule has 2 aliphatic carbocycles. The Bertz CT molecular complexity index is 2550. The van der Waals surface area contributed by atoms with Gasteiger partial charge in [0.2, 0.25) is 0 Å². The summed E-state index contributed by atoms with van der Waals surface area (Å²) >= 11 is 0. The van der Waals surface area contributed by atoms with Gasteiger partial charge in [0.25, 0.3) is 0 Å². The third-order valence-electron chi connectivity index (χ3n) is 12.0. The van der Waals surface area contributed by atoms with Crippen LogP contribution in [0.15, 0.2) is 122 Å². The molecule has 1 atom stereocenters. The molecule has 0 saturated carbocycles. The highest BCUT2D eigenvalue weighted by Gasteiger charge is 2.54. The Balaban J connectivity index is 1.26. The van der Waals surface area contributed by atoms with Crippen molar-refractivity contribution in [3.05, 3.63) is 161 Å². The molecule has 5 aromatic carbocycles. The molecule has 1 aromatic heterocycles. The highest BCUT2D eigenvalue weighted by molar-refractivity contribution is 6.62. The lowest BCUT2D eigenvalue weighted by molar-refractivity contribution is 0.00578. The molecule has 52 heavy (non-hydrogen) atoms. The zero-order valence-corrected chi connectivity index (χ0v) is 30.8. The molecule has 1 saturated heterocycles. The van der Waals surface area contributed by atoms with Crippen molar-refractivity contribution in [2.75, 3.05) is 0 Å². The van der Waals surface area contributed by atoms with Crippen molar-refractivity contribution in [1.82, 2.24) is 9.55 Å². The maximum absolute atomic E-state index is 6.61. The number of benzene rings is 5. The number of aromatic nitrogens is 2. The largest absolute Gasteiger partial charge is 0.494 e. The van der Waals surface area contributed by atoms with Crippen LogP contribution in [0.5, 0.6) is 0 Å². The van der Waals surface area contributed by atoms with Crippen LogP contribution in [0, 0.1) is 0 Å². The van der Waals surface area contributed by atoms with Gasteiger partial charge >= 0.3 is 7.12 Å². The van der Waals surface area contributed by atoms with Crippen LogP contribution < -0.4 is 16.2 Å². The van der Waals surface area contributed by atoms with Crippen molar-refractivity contribution in [2.24, 2.45) is 0 Å². The second kappa shape index (κ2) is 11.6. The second-order valence-electron chi connectivity index (χ2n) is 15.2. The van der Waals surface area contributed by atoms with E-state index >= 15 is 0 Å². The first-order valence-corrected chi connectivity index (χ1v) is 18.4. The Hall–Kier alpha value is -5.23. The van der Waals surface area contributed by atoms with Crippen molar-refractivity contribution < 1.29 is 9.31 Å². The van der Waals surface area contributed by atoms with Gasteiger partial charge < -0.3 is 9.31 Å². The lowest BCUT2D eigenvalue weighted by Crippen LogP contribution is -2.41. The Labute approximate surface area is 306 Å². The van der Waals surface area contributed by atoms with Gasteiger partial charge in [0, 0.05) is 12.1 Å². The molecule has 256 valence electrons. The van der Waals surface area contributed by atoms with Crippen LogP contribution in [0.2, 0.25) is 0 Å². The van der Waals surface area contributed by atoms with Gasteiger partial charge in [-0.1, -0.05) is 117 Å². The summed E-state index contributed by atoms with van der Waals surface area (Å²) in [6.07, 6.45) is 6.76. The average Bonchev–Trinajstić information content (AvgIpc) is 3.83. The molecule has 0 radical (unpaired) electrons. The van der Waals surface area contributed by atoms with E-state index in [2.05, 4.69) is 168 Å². The van der Waals surface area contributed by atoms with Gasteiger partial charge in [-0.05, 0) is 120 Å². The van der Waals surface area contributed by atoms with E-state index in [1.54, 1.807) is 0 Å². The number of aryl methyl sites for hydroxylation is 1. The van der Waals surface area contributed by atoms with Crippen LogP contribution in [0.4, 0.5) is 0 Å². The average molecular weight is 679 g/mol. The lowest BCUT2D eigenvalue weighted by Gasteiger charge is -2.32. The Kier molecular flexibility index (Phi) is 7.32. The second-order valence-corrected chi connectivity index (χ2v) is 15.2. The van der Waals surface area contributed by atoms with E-state index in [1.165, 1.54) is 50.1 Å². The minimum Gasteiger partial charge on any atom is -0.399 e. The third kappa shape index (κ3) is 4.46. The van der Waals surface area contributed by atoms with Crippen LogP contribution >= 0.6 is 0 Å². The fourth-order valence-electron chi connectivity index (χ4n) is 8.82. The van der Waals surface area contributed by atoms with Gasteiger partial charge in [-0.25, -0.2) is 4.98 Å². The predicted molar refractivity (Wildman–Crippen MR) is 214 cm³/mol. The van der Waals surface area contributed by atoms with Gasteiger partial charge in [-0.3, -0.25) is 4.57 Å². The highest BCUT2D eigenvalue weighted by atomic mass is 16.7. The van der Waals surface area contributed by atoms with E-state index in [4.69, 9.17) is 14.3 Å². The molecule has 2 heterocycles. The topological polar surface area (TPSA) is 36.3 Å². The van der Waals surface area contributed by atoms with Crippen LogP contribution in [0.1, 0.15) is 69.6 Å². The van der Waals surface area contributed by atoms with Crippen molar-refractivity contribution >= 4 is 24.7 Å². The van der Waals surface area contributed by atoms with Gasteiger partial charge in [0.1, 0.15) is 5.82 Å². The maximum atomic E-state index is 6.61. The van der Waals surface area contributed by atoms with E-state index in [0.29, 0.717) is 0 Å². The summed E-state index contributed by atoms with van der Waals surface area (Å²) < 4.78 is 15.5. The third-order valence-corrected chi connectivity index (χ3v) is 12.0. The highest BCUT2D eigenvalue weighted by Crippen LogP contribution is 2.63. The molecular formula is C47H43BN2O2. The van der Waals surface area contributed by atoms with Crippen LogP contribution in [-0.4, -0.2) is 27.9 Å². The molecular weight excluding hydrogens is 635 g/mol. The summed E-state index contributed by atoms with van der Waals surface area (Å²) in [5.74, 6) is 1.03. The van der Waals surface area contributed by atoms with E-state index in [1.807, 2.05) is 12.2 Å². The molecule has 9 rings (SSSR count). The number of nitrogens with zero attached hydrogens (tertiary/aromatic N) is 2. The number of rotatable bonds is 5. The molecule has 1 unspecified atom stereocenters. The first kappa shape index (κ1) is 32.7. The quantitative estimate of drug-likeness (QED) is 0.171. The first-order valence-electron chi connectivity index (χ1n) is 18.4. The molecule has 1 fully saturated rings. The fourth-order valence-corrected chi connectivity index (χ4v) is 8.82. The molecule has 0 bridgehead atoms. The van der Waals surface area contributed by atoms with Crippen molar-refractivity contribution in [2.45, 2.75) is 64.6 Å². The van der Waals surface area contributed by atoms with E-state index in [0.717, 1.165) is 39.7 Å². The zero-order chi connectivity index (χ0) is 36.0. The van der Waals surface area contributed by atoms with Crippen molar-refractivity contribution in [1.29, 1.82) is 0 Å². The zero-order valence-electron chi connectivity index (χ0n) is 30.8. The molecule has 1 spiro atoms. The van der Waals surface area contributed by atoms with Gasteiger partial charge in [0.15, 0.2) is 0 Å². The molecule has 5 heteroatoms. The Morgan fingerprint density at radius 2 is 1.29 bits per heavy atom. The Morgan fingerprint density at radius 3 is 1.92 bits per heavy atom. The predicted octanol–water partition coefficient (Wildman–Crippen LogP) is 8.51. The summed E-state index contributed by atoms with van der Waals surface area (Å²) in [5, 5.41) is 2.02. The normalized spacial score (nSPS) is 19.5. The summed E-state index contributed by atoms with van der Waals surface area (Å²) in [6, 6.07) is 40.7. The fraction of sp³-hybridized carbons (Fsp3) is 0.213. The van der Waals surface area contributed by atoms with Crippen molar-refractivity contribution in [3.8, 4) is 39.1 Å². The minimum absolute atomic E-state index is 0.427. The number of imidazole rings is 1. The van der Waals surface area contributed by atoms with Crippen molar-refractivity contribution in [3.63, 3.8) is 0 Å².